The first-order valence-corrected chi connectivity index (χ1v) is 7.69. The van der Waals surface area contributed by atoms with Gasteiger partial charge in [-0.25, -0.2) is 4.98 Å². The Bertz CT molecular complexity index is 824. The van der Waals surface area contributed by atoms with Gasteiger partial charge in [-0.05, 0) is 31.0 Å². The molecule has 0 N–H and O–H groups in total. The molecule has 1 aromatic heterocycles. The summed E-state index contributed by atoms with van der Waals surface area (Å²) in [4.78, 5) is 31.1. The number of rotatable bonds is 2. The molecule has 0 aliphatic carbocycles. The molecule has 3 heterocycles. The SMILES string of the molecule is COc1ccc2c(c1)C(=O)N1CCC[C@H]1c1c(C(C)=O)ncn1-2. The Morgan fingerprint density at radius 3 is 2.96 bits per heavy atom. The third kappa shape index (κ3) is 1.91. The van der Waals surface area contributed by atoms with Crippen molar-refractivity contribution in [1.29, 1.82) is 0 Å². The summed E-state index contributed by atoms with van der Waals surface area (Å²) in [5, 5.41) is 0. The number of hydrogen-bond donors (Lipinski definition) is 0. The van der Waals surface area contributed by atoms with Crippen molar-refractivity contribution in [2.24, 2.45) is 0 Å². The first kappa shape index (κ1) is 14.0. The van der Waals surface area contributed by atoms with Gasteiger partial charge in [0.25, 0.3) is 5.91 Å². The molecule has 1 atom stereocenters. The van der Waals surface area contributed by atoms with Crippen LogP contribution in [0.2, 0.25) is 0 Å². The average Bonchev–Trinajstić information content (AvgIpc) is 3.17. The smallest absolute Gasteiger partial charge is 0.256 e. The number of nitrogens with zero attached hydrogens (tertiary/aromatic N) is 3. The van der Waals surface area contributed by atoms with E-state index in [-0.39, 0.29) is 17.7 Å². The van der Waals surface area contributed by atoms with Crippen LogP contribution in [0.5, 0.6) is 5.75 Å². The van der Waals surface area contributed by atoms with E-state index in [1.165, 1.54) is 6.92 Å². The number of hydrogen-bond acceptors (Lipinski definition) is 4. The summed E-state index contributed by atoms with van der Waals surface area (Å²) in [6.45, 7) is 2.22. The van der Waals surface area contributed by atoms with Gasteiger partial charge < -0.3 is 9.64 Å². The quantitative estimate of drug-likeness (QED) is 0.799. The predicted octanol–water partition coefficient (Wildman–Crippen LogP) is 2.37. The molecular formula is C17H17N3O3. The van der Waals surface area contributed by atoms with E-state index in [1.807, 2.05) is 21.6 Å². The summed E-state index contributed by atoms with van der Waals surface area (Å²) in [5.74, 6) is 0.554. The minimum atomic E-state index is -0.0951. The zero-order chi connectivity index (χ0) is 16.1. The fraction of sp³-hybridized carbons (Fsp3) is 0.353. The van der Waals surface area contributed by atoms with Crippen molar-refractivity contribution < 1.29 is 14.3 Å². The monoisotopic (exact) mass is 311 g/mol. The molecule has 1 fully saturated rings. The maximum absolute atomic E-state index is 13.0. The van der Waals surface area contributed by atoms with Gasteiger partial charge in [0, 0.05) is 13.5 Å². The highest BCUT2D eigenvalue weighted by Gasteiger charge is 2.39. The molecule has 1 aromatic carbocycles. The minimum Gasteiger partial charge on any atom is -0.497 e. The molecule has 2 aliphatic heterocycles. The Labute approximate surface area is 133 Å². The van der Waals surface area contributed by atoms with E-state index in [0.29, 0.717) is 23.6 Å². The Hall–Kier alpha value is -2.63. The van der Waals surface area contributed by atoms with E-state index < -0.39 is 0 Å². The first-order chi connectivity index (χ1) is 11.1. The fourth-order valence-corrected chi connectivity index (χ4v) is 3.61. The van der Waals surface area contributed by atoms with Crippen LogP contribution >= 0.6 is 0 Å². The molecule has 0 radical (unpaired) electrons. The van der Waals surface area contributed by atoms with E-state index in [4.69, 9.17) is 4.74 Å². The van der Waals surface area contributed by atoms with Gasteiger partial charge >= 0.3 is 0 Å². The van der Waals surface area contributed by atoms with Crippen molar-refractivity contribution in [2.45, 2.75) is 25.8 Å². The molecule has 23 heavy (non-hydrogen) atoms. The lowest BCUT2D eigenvalue weighted by atomic mass is 10.1. The Morgan fingerprint density at radius 2 is 2.22 bits per heavy atom. The van der Waals surface area contributed by atoms with Gasteiger partial charge in [0.1, 0.15) is 17.8 Å². The molecule has 6 nitrogen and oxygen atoms in total. The molecule has 0 saturated carbocycles. The molecule has 0 bridgehead atoms. The van der Waals surface area contributed by atoms with Gasteiger partial charge in [-0.15, -0.1) is 0 Å². The summed E-state index contributed by atoms with van der Waals surface area (Å²) >= 11 is 0. The zero-order valence-corrected chi connectivity index (χ0v) is 13.1. The van der Waals surface area contributed by atoms with Crippen molar-refractivity contribution >= 4 is 11.7 Å². The third-order valence-corrected chi connectivity index (χ3v) is 4.66. The molecule has 118 valence electrons. The maximum atomic E-state index is 13.0. The summed E-state index contributed by atoms with van der Waals surface area (Å²) in [6, 6.07) is 5.33. The van der Waals surface area contributed by atoms with Gasteiger partial charge in [-0.1, -0.05) is 0 Å². The standard InChI is InChI=1S/C17H17N3O3/c1-10(21)15-16-14-4-3-7-19(14)17(22)12-8-11(23-2)5-6-13(12)20(16)9-18-15/h5-6,8-9,14H,3-4,7H2,1-2H3/t14-/m0/s1. The molecule has 0 spiro atoms. The lowest BCUT2D eigenvalue weighted by molar-refractivity contribution is 0.0735. The van der Waals surface area contributed by atoms with Crippen LogP contribution in [-0.4, -0.2) is 39.8 Å². The molecule has 0 unspecified atom stereocenters. The Morgan fingerprint density at radius 1 is 1.39 bits per heavy atom. The molecule has 1 amide bonds. The largest absolute Gasteiger partial charge is 0.497 e. The topological polar surface area (TPSA) is 64.4 Å². The second-order valence-corrected chi connectivity index (χ2v) is 5.94. The number of amides is 1. The van der Waals surface area contributed by atoms with Crippen LogP contribution in [0, 0.1) is 0 Å². The van der Waals surface area contributed by atoms with Crippen molar-refractivity contribution in [3.05, 3.63) is 41.5 Å². The maximum Gasteiger partial charge on any atom is 0.256 e. The number of carbonyl (C=O) groups excluding carboxylic acids is 2. The number of carbonyl (C=O) groups is 2. The van der Waals surface area contributed by atoms with Crippen LogP contribution in [0.4, 0.5) is 0 Å². The van der Waals surface area contributed by atoms with Crippen LogP contribution in [0.1, 0.15) is 52.3 Å². The van der Waals surface area contributed by atoms with Crippen molar-refractivity contribution in [2.75, 3.05) is 13.7 Å². The highest BCUT2D eigenvalue weighted by molar-refractivity contribution is 6.00. The number of benzene rings is 1. The summed E-state index contributed by atoms with van der Waals surface area (Å²) < 4.78 is 7.15. The number of fused-ring (bicyclic) bond motifs is 5. The molecular weight excluding hydrogens is 294 g/mol. The normalized spacial score (nSPS) is 19.0. The van der Waals surface area contributed by atoms with E-state index in [2.05, 4.69) is 4.98 Å². The molecule has 2 aliphatic rings. The number of ketones is 1. The van der Waals surface area contributed by atoms with Crippen molar-refractivity contribution in [1.82, 2.24) is 14.5 Å². The summed E-state index contributed by atoms with van der Waals surface area (Å²) in [7, 11) is 1.58. The number of methoxy groups -OCH3 is 1. The van der Waals surface area contributed by atoms with E-state index in [9.17, 15) is 9.59 Å². The number of ether oxygens (including phenoxy) is 1. The van der Waals surface area contributed by atoms with E-state index >= 15 is 0 Å². The second-order valence-electron chi connectivity index (χ2n) is 5.94. The average molecular weight is 311 g/mol. The Balaban J connectivity index is 2.02. The summed E-state index contributed by atoms with van der Waals surface area (Å²) in [5.41, 5.74) is 2.62. The van der Waals surface area contributed by atoms with Crippen LogP contribution < -0.4 is 4.74 Å². The fourth-order valence-electron chi connectivity index (χ4n) is 3.61. The van der Waals surface area contributed by atoms with Gasteiger partial charge in [-0.3, -0.25) is 14.2 Å². The number of Topliss-reactive ketones (excluding diaryl/α,β-unsaturated/α-hetero) is 1. The van der Waals surface area contributed by atoms with Gasteiger partial charge in [0.15, 0.2) is 5.78 Å². The predicted molar refractivity (Wildman–Crippen MR) is 83.1 cm³/mol. The van der Waals surface area contributed by atoms with Crippen molar-refractivity contribution in [3.8, 4) is 11.4 Å². The Kier molecular flexibility index (Phi) is 3.01. The zero-order valence-electron chi connectivity index (χ0n) is 13.1. The molecule has 1 saturated heterocycles. The molecule has 4 rings (SSSR count). The van der Waals surface area contributed by atoms with Crippen LogP contribution in [0.25, 0.3) is 5.69 Å². The minimum absolute atomic E-state index is 0.0143. The highest BCUT2D eigenvalue weighted by Crippen LogP contribution is 2.40. The number of aromatic nitrogens is 2. The van der Waals surface area contributed by atoms with Crippen LogP contribution in [0.15, 0.2) is 24.5 Å². The van der Waals surface area contributed by atoms with Crippen molar-refractivity contribution in [3.63, 3.8) is 0 Å². The highest BCUT2D eigenvalue weighted by atomic mass is 16.5. The van der Waals surface area contributed by atoms with E-state index in [0.717, 1.165) is 24.2 Å². The lowest BCUT2D eigenvalue weighted by Gasteiger charge is -2.22. The van der Waals surface area contributed by atoms with Gasteiger partial charge in [0.05, 0.1) is 30.1 Å². The lowest BCUT2D eigenvalue weighted by Crippen LogP contribution is -2.30. The number of imidazole rings is 1. The van der Waals surface area contributed by atoms with E-state index in [1.54, 1.807) is 19.5 Å². The van der Waals surface area contributed by atoms with Crippen LogP contribution in [0.3, 0.4) is 0 Å². The summed E-state index contributed by atoms with van der Waals surface area (Å²) in [6.07, 6.45) is 3.42. The van der Waals surface area contributed by atoms with Gasteiger partial charge in [0.2, 0.25) is 0 Å². The van der Waals surface area contributed by atoms with Gasteiger partial charge in [-0.2, -0.15) is 0 Å². The second kappa shape index (κ2) is 4.94. The first-order valence-electron chi connectivity index (χ1n) is 7.69. The molecule has 6 heteroatoms. The van der Waals surface area contributed by atoms with Crippen LogP contribution in [-0.2, 0) is 0 Å². The third-order valence-electron chi connectivity index (χ3n) is 4.66. The molecule has 2 aromatic rings.